The predicted molar refractivity (Wildman–Crippen MR) is 105 cm³/mol. The van der Waals surface area contributed by atoms with Gasteiger partial charge in [-0.2, -0.15) is 0 Å². The van der Waals surface area contributed by atoms with E-state index in [0.29, 0.717) is 28.9 Å². The van der Waals surface area contributed by atoms with Crippen molar-refractivity contribution in [1.29, 1.82) is 5.41 Å². The van der Waals surface area contributed by atoms with Crippen LogP contribution in [0.4, 0.5) is 11.5 Å². The van der Waals surface area contributed by atoms with Gasteiger partial charge in [-0.05, 0) is 24.6 Å². The lowest BCUT2D eigenvalue weighted by molar-refractivity contribution is 0.916. The summed E-state index contributed by atoms with van der Waals surface area (Å²) in [5.74, 6) is 0.248. The van der Waals surface area contributed by atoms with Crippen LogP contribution in [0.3, 0.4) is 0 Å². The summed E-state index contributed by atoms with van der Waals surface area (Å²) in [4.78, 5) is 4.20. The van der Waals surface area contributed by atoms with Crippen LogP contribution in [0.15, 0.2) is 49.2 Å². The minimum Gasteiger partial charge on any atom is -0.399 e. The first-order valence-corrected chi connectivity index (χ1v) is 7.92. The average Bonchev–Trinajstić information content (AvgIpc) is 2.60. The fraction of sp³-hybridized carbons (Fsp3) is 0.158. The van der Waals surface area contributed by atoms with Crippen molar-refractivity contribution in [2.45, 2.75) is 6.42 Å². The molecule has 1 aromatic heterocycles. The van der Waals surface area contributed by atoms with Gasteiger partial charge in [0.05, 0.1) is 11.3 Å². The molecule has 0 bridgehead atoms. The highest BCUT2D eigenvalue weighted by atomic mass is 14.8. The molecule has 8 N–H and O–H groups in total. The molecule has 1 aromatic carbocycles. The van der Waals surface area contributed by atoms with Crippen molar-refractivity contribution in [3.05, 3.63) is 71.4 Å². The van der Waals surface area contributed by atoms with Gasteiger partial charge < -0.3 is 22.5 Å². The molecule has 0 fully saturated rings. The Morgan fingerprint density at radius 1 is 1.20 bits per heavy atom. The maximum absolute atomic E-state index is 8.49. The van der Waals surface area contributed by atoms with Gasteiger partial charge in [0, 0.05) is 29.7 Å². The summed E-state index contributed by atoms with van der Waals surface area (Å²) in [6.07, 6.45) is 6.31. The number of hydrogen-bond acceptors (Lipinski definition) is 6. The molecule has 0 aliphatic rings. The van der Waals surface area contributed by atoms with Crippen LogP contribution >= 0.6 is 0 Å². The molecule has 6 nitrogen and oxygen atoms in total. The highest BCUT2D eigenvalue weighted by molar-refractivity contribution is 6.16. The summed E-state index contributed by atoms with van der Waals surface area (Å²) in [6, 6.07) is 7.23. The highest BCUT2D eigenvalue weighted by Gasteiger charge is 2.16. The second-order valence-corrected chi connectivity index (χ2v) is 5.67. The van der Waals surface area contributed by atoms with Gasteiger partial charge in [0.2, 0.25) is 0 Å². The Hall–Kier alpha value is -3.12. The predicted octanol–water partition coefficient (Wildman–Crippen LogP) is 1.91. The van der Waals surface area contributed by atoms with E-state index in [1.54, 1.807) is 18.3 Å². The number of nitrogens with two attached hydrogens (primary N) is 3. The number of aromatic nitrogens is 1. The third-order valence-corrected chi connectivity index (χ3v) is 3.85. The second kappa shape index (κ2) is 8.12. The maximum Gasteiger partial charge on any atom is 0.134 e. The normalized spacial score (nSPS) is 10.9. The molecule has 0 amide bonds. The number of hydrogen-bond donors (Lipinski definition) is 5. The van der Waals surface area contributed by atoms with Gasteiger partial charge in [0.1, 0.15) is 5.82 Å². The van der Waals surface area contributed by atoms with Crippen LogP contribution in [0.5, 0.6) is 0 Å². The van der Waals surface area contributed by atoms with E-state index in [2.05, 4.69) is 16.9 Å². The second-order valence-electron chi connectivity index (χ2n) is 5.67. The molecular weight excluding hydrogens is 312 g/mol. The van der Waals surface area contributed by atoms with Crippen LogP contribution in [-0.2, 0) is 6.42 Å². The molecular formula is C19H24N6. The minimum atomic E-state index is 0.234. The molecule has 1 heterocycles. The third-order valence-electron chi connectivity index (χ3n) is 3.85. The fourth-order valence-electron chi connectivity index (χ4n) is 2.41. The van der Waals surface area contributed by atoms with Gasteiger partial charge >= 0.3 is 0 Å². The molecule has 0 aliphatic carbocycles. The van der Waals surface area contributed by atoms with Gasteiger partial charge in [-0.1, -0.05) is 43.0 Å². The number of pyridine rings is 1. The molecule has 0 spiro atoms. The zero-order chi connectivity index (χ0) is 18.4. The Labute approximate surface area is 148 Å². The molecule has 25 heavy (non-hydrogen) atoms. The summed E-state index contributed by atoms with van der Waals surface area (Å²) in [5, 5.41) is 11.5. The van der Waals surface area contributed by atoms with Gasteiger partial charge in [-0.3, -0.25) is 5.41 Å². The first-order valence-electron chi connectivity index (χ1n) is 7.92. The molecule has 0 aliphatic heterocycles. The van der Waals surface area contributed by atoms with Crippen molar-refractivity contribution in [2.75, 3.05) is 25.1 Å². The van der Waals surface area contributed by atoms with Gasteiger partial charge in [0.25, 0.3) is 0 Å². The van der Waals surface area contributed by atoms with Crippen LogP contribution in [0, 0.1) is 5.41 Å². The van der Waals surface area contributed by atoms with Gasteiger partial charge in [-0.15, -0.1) is 0 Å². The van der Waals surface area contributed by atoms with E-state index in [1.165, 1.54) is 0 Å². The molecule has 130 valence electrons. The smallest absolute Gasteiger partial charge is 0.134 e. The summed E-state index contributed by atoms with van der Waals surface area (Å²) in [6.45, 7) is 4.48. The zero-order valence-electron chi connectivity index (χ0n) is 14.3. The largest absolute Gasteiger partial charge is 0.399 e. The van der Waals surface area contributed by atoms with Crippen molar-refractivity contribution in [3.63, 3.8) is 0 Å². The fourth-order valence-corrected chi connectivity index (χ4v) is 2.41. The molecule has 0 atom stereocenters. The molecule has 0 unspecified atom stereocenters. The number of allylic oxidation sites excluding steroid dienone is 1. The van der Waals surface area contributed by atoms with Crippen LogP contribution in [0.1, 0.15) is 22.3 Å². The molecule has 0 radical (unpaired) electrons. The van der Waals surface area contributed by atoms with E-state index >= 15 is 0 Å². The SMILES string of the molecule is C=C(N)c1ccc(C(=N)c2c(N)ncc(C/C=C/CNC)c2N)cc1. The van der Waals surface area contributed by atoms with E-state index in [0.717, 1.165) is 17.7 Å². The van der Waals surface area contributed by atoms with Crippen LogP contribution in [-0.4, -0.2) is 24.3 Å². The van der Waals surface area contributed by atoms with Crippen LogP contribution < -0.4 is 22.5 Å². The Kier molecular flexibility index (Phi) is 5.92. The molecule has 0 saturated carbocycles. The van der Waals surface area contributed by atoms with Crippen LogP contribution in [0.25, 0.3) is 5.70 Å². The third kappa shape index (κ3) is 4.24. The standard InChI is InChI=1S/C19H24N6/c1-12(20)13-6-8-14(9-7-13)17(21)16-18(22)15(11-25-19(16)23)5-3-4-10-24-2/h3-4,6-9,11,21,24H,1,5,10,20H2,2H3,(H4,22,23,25)/b4-3+,21-17?. The highest BCUT2D eigenvalue weighted by Crippen LogP contribution is 2.25. The summed E-state index contributed by atoms with van der Waals surface area (Å²) in [7, 11) is 1.88. The lowest BCUT2D eigenvalue weighted by Gasteiger charge is -2.14. The van der Waals surface area contributed by atoms with Crippen molar-refractivity contribution in [1.82, 2.24) is 10.3 Å². The van der Waals surface area contributed by atoms with Gasteiger partial charge in [-0.25, -0.2) is 4.98 Å². The Morgan fingerprint density at radius 2 is 1.84 bits per heavy atom. The monoisotopic (exact) mass is 336 g/mol. The number of nitrogens with one attached hydrogen (secondary N) is 2. The van der Waals surface area contributed by atoms with E-state index in [1.807, 2.05) is 31.3 Å². The number of likely N-dealkylation sites (N-methyl/N-ethyl adjacent to an activating group) is 1. The van der Waals surface area contributed by atoms with Crippen molar-refractivity contribution in [3.8, 4) is 0 Å². The van der Waals surface area contributed by atoms with E-state index in [4.69, 9.17) is 22.6 Å². The van der Waals surface area contributed by atoms with E-state index in [9.17, 15) is 0 Å². The summed E-state index contributed by atoms with van der Waals surface area (Å²) >= 11 is 0. The Morgan fingerprint density at radius 3 is 2.44 bits per heavy atom. The quantitative estimate of drug-likeness (QED) is 0.390. The maximum atomic E-state index is 8.49. The van der Waals surface area contributed by atoms with Crippen molar-refractivity contribution < 1.29 is 0 Å². The number of rotatable bonds is 7. The Bertz CT molecular complexity index is 805. The van der Waals surface area contributed by atoms with Crippen LogP contribution in [0.2, 0.25) is 0 Å². The molecule has 6 heteroatoms. The lowest BCUT2D eigenvalue weighted by Crippen LogP contribution is -2.13. The number of anilines is 2. The average molecular weight is 336 g/mol. The Balaban J connectivity index is 2.33. The molecule has 2 aromatic rings. The zero-order valence-corrected chi connectivity index (χ0v) is 14.3. The van der Waals surface area contributed by atoms with Crippen molar-refractivity contribution in [2.24, 2.45) is 5.73 Å². The summed E-state index contributed by atoms with van der Waals surface area (Å²) < 4.78 is 0. The number of benzene rings is 1. The first kappa shape index (κ1) is 18.2. The molecule has 0 saturated heterocycles. The van der Waals surface area contributed by atoms with Gasteiger partial charge in [0.15, 0.2) is 0 Å². The summed E-state index contributed by atoms with van der Waals surface area (Å²) in [5.41, 5.74) is 21.9. The van der Waals surface area contributed by atoms with E-state index in [-0.39, 0.29) is 11.5 Å². The number of nitrogens with zero attached hydrogens (tertiary/aromatic N) is 1. The first-order chi connectivity index (χ1) is 12.0. The molecule has 2 rings (SSSR count). The van der Waals surface area contributed by atoms with Crippen molar-refractivity contribution >= 4 is 22.9 Å². The lowest BCUT2D eigenvalue weighted by atomic mass is 9.97. The number of nitrogen functional groups attached to an aromatic ring is 2. The topological polar surface area (TPSA) is 127 Å². The minimum absolute atomic E-state index is 0.234. The van der Waals surface area contributed by atoms with E-state index < -0.39 is 0 Å².